The third-order valence-corrected chi connectivity index (χ3v) is 6.12. The third-order valence-electron chi connectivity index (χ3n) is 6.12. The molecule has 1 spiro atoms. The van der Waals surface area contributed by atoms with Crippen LogP contribution in [0.4, 0.5) is 4.79 Å². The largest absolute Gasteiger partial charge is 0.497 e. The number of hydrogen-bond acceptors (Lipinski definition) is 3. The number of benzene rings is 3. The van der Waals surface area contributed by atoms with E-state index in [2.05, 4.69) is 35.8 Å². The van der Waals surface area contributed by atoms with Crippen molar-refractivity contribution in [2.75, 3.05) is 26.7 Å². The molecule has 0 atom stereocenters. The number of urea groups is 1. The highest BCUT2D eigenvalue weighted by Gasteiger charge is 2.49. The molecule has 2 aliphatic rings. The van der Waals surface area contributed by atoms with Crippen molar-refractivity contribution in [2.45, 2.75) is 12.5 Å². The third kappa shape index (κ3) is 2.87. The second-order valence-electron chi connectivity index (χ2n) is 8.14. The van der Waals surface area contributed by atoms with Crippen molar-refractivity contribution < 1.29 is 14.3 Å². The maximum atomic E-state index is 13.2. The Hall–Kier alpha value is -3.54. The van der Waals surface area contributed by atoms with Crippen LogP contribution >= 0.6 is 0 Å². The SMILES string of the molecule is COc1ccc(-c2cccc3c(C(=O)N4CC5(CNC(=O)N5)C4)cccc23)c(C)c1. The average Bonchev–Trinajstić information content (AvgIpc) is 3.13. The van der Waals surface area contributed by atoms with Crippen molar-refractivity contribution in [2.24, 2.45) is 0 Å². The van der Waals surface area contributed by atoms with Gasteiger partial charge < -0.3 is 20.3 Å². The van der Waals surface area contributed by atoms with Crippen LogP contribution in [-0.2, 0) is 0 Å². The number of likely N-dealkylation sites (tertiary alicyclic amines) is 1. The summed E-state index contributed by atoms with van der Waals surface area (Å²) in [6, 6.07) is 17.8. The molecule has 0 aromatic heterocycles. The zero-order valence-corrected chi connectivity index (χ0v) is 17.0. The van der Waals surface area contributed by atoms with Gasteiger partial charge in [0.15, 0.2) is 0 Å². The summed E-state index contributed by atoms with van der Waals surface area (Å²) >= 11 is 0. The predicted molar refractivity (Wildman–Crippen MR) is 116 cm³/mol. The van der Waals surface area contributed by atoms with Gasteiger partial charge in [0, 0.05) is 25.2 Å². The second-order valence-corrected chi connectivity index (χ2v) is 8.14. The van der Waals surface area contributed by atoms with Gasteiger partial charge in [0.05, 0.1) is 12.6 Å². The summed E-state index contributed by atoms with van der Waals surface area (Å²) in [5, 5.41) is 7.69. The van der Waals surface area contributed by atoms with E-state index in [1.54, 1.807) is 12.0 Å². The molecular formula is C24H23N3O3. The number of rotatable bonds is 3. The molecule has 0 unspecified atom stereocenters. The van der Waals surface area contributed by atoms with E-state index in [1.807, 2.05) is 36.4 Å². The summed E-state index contributed by atoms with van der Waals surface area (Å²) in [7, 11) is 1.66. The van der Waals surface area contributed by atoms with E-state index in [9.17, 15) is 9.59 Å². The van der Waals surface area contributed by atoms with E-state index in [0.29, 0.717) is 25.2 Å². The van der Waals surface area contributed by atoms with Crippen molar-refractivity contribution in [3.63, 3.8) is 0 Å². The van der Waals surface area contributed by atoms with Gasteiger partial charge in [0.1, 0.15) is 5.75 Å². The lowest BCUT2D eigenvalue weighted by Crippen LogP contribution is -2.70. The highest BCUT2D eigenvalue weighted by molar-refractivity contribution is 6.11. The maximum Gasteiger partial charge on any atom is 0.315 e. The predicted octanol–water partition coefficient (Wildman–Crippen LogP) is 3.33. The summed E-state index contributed by atoms with van der Waals surface area (Å²) in [6.07, 6.45) is 0. The molecule has 0 bridgehead atoms. The Labute approximate surface area is 174 Å². The first-order valence-corrected chi connectivity index (χ1v) is 10.0. The van der Waals surface area contributed by atoms with E-state index in [1.165, 1.54) is 0 Å². The van der Waals surface area contributed by atoms with Gasteiger partial charge in [-0.15, -0.1) is 0 Å². The van der Waals surface area contributed by atoms with Gasteiger partial charge in [-0.1, -0.05) is 36.4 Å². The molecule has 2 heterocycles. The smallest absolute Gasteiger partial charge is 0.315 e. The van der Waals surface area contributed by atoms with Gasteiger partial charge in [-0.05, 0) is 52.6 Å². The first-order chi connectivity index (χ1) is 14.5. The van der Waals surface area contributed by atoms with Crippen LogP contribution in [0.15, 0.2) is 54.6 Å². The normalized spacial score (nSPS) is 16.9. The van der Waals surface area contributed by atoms with Crippen molar-refractivity contribution in [1.82, 2.24) is 15.5 Å². The monoisotopic (exact) mass is 401 g/mol. The minimum atomic E-state index is -0.317. The Balaban J connectivity index is 1.50. The van der Waals surface area contributed by atoms with E-state index in [0.717, 1.165) is 33.2 Å². The zero-order valence-electron chi connectivity index (χ0n) is 17.0. The fourth-order valence-corrected chi connectivity index (χ4v) is 4.56. The number of nitrogens with zero attached hydrogens (tertiary/aromatic N) is 1. The van der Waals surface area contributed by atoms with Gasteiger partial charge >= 0.3 is 6.03 Å². The van der Waals surface area contributed by atoms with Crippen LogP contribution in [0.3, 0.4) is 0 Å². The number of aryl methyl sites for hydroxylation is 1. The topological polar surface area (TPSA) is 70.7 Å². The van der Waals surface area contributed by atoms with Crippen LogP contribution in [0.2, 0.25) is 0 Å². The Morgan fingerprint density at radius 3 is 2.50 bits per heavy atom. The number of nitrogens with one attached hydrogen (secondary N) is 2. The van der Waals surface area contributed by atoms with Gasteiger partial charge in [0.25, 0.3) is 5.91 Å². The van der Waals surface area contributed by atoms with Crippen LogP contribution < -0.4 is 15.4 Å². The molecule has 152 valence electrons. The highest BCUT2D eigenvalue weighted by atomic mass is 16.5. The lowest BCUT2D eigenvalue weighted by molar-refractivity contribution is 0.0399. The standard InChI is InChI=1S/C24H23N3O3/c1-15-11-16(30-2)9-10-17(15)18-5-3-7-20-19(18)6-4-8-21(20)22(28)27-13-24(14-27)12-25-23(29)26-24/h3-11H,12-14H2,1-2H3,(H2,25,26,29). The van der Waals surface area contributed by atoms with E-state index < -0.39 is 0 Å². The van der Waals surface area contributed by atoms with E-state index in [-0.39, 0.29) is 17.5 Å². The zero-order chi connectivity index (χ0) is 20.9. The maximum absolute atomic E-state index is 13.2. The molecule has 6 nitrogen and oxygen atoms in total. The molecule has 3 amide bonds. The Bertz CT molecular complexity index is 1180. The summed E-state index contributed by atoms with van der Waals surface area (Å²) in [5.74, 6) is 0.823. The minimum absolute atomic E-state index is 0.00373. The summed E-state index contributed by atoms with van der Waals surface area (Å²) in [5.41, 5.74) is 3.70. The summed E-state index contributed by atoms with van der Waals surface area (Å²) in [4.78, 5) is 26.5. The summed E-state index contributed by atoms with van der Waals surface area (Å²) in [6.45, 7) is 3.68. The van der Waals surface area contributed by atoms with Crippen LogP contribution in [0.25, 0.3) is 21.9 Å². The summed E-state index contributed by atoms with van der Waals surface area (Å²) < 4.78 is 5.33. The fourth-order valence-electron chi connectivity index (χ4n) is 4.56. The number of carbonyl (C=O) groups is 2. The first kappa shape index (κ1) is 18.5. The number of methoxy groups -OCH3 is 1. The van der Waals surface area contributed by atoms with Crippen molar-refractivity contribution in [3.8, 4) is 16.9 Å². The molecule has 2 aliphatic heterocycles. The molecule has 30 heavy (non-hydrogen) atoms. The lowest BCUT2D eigenvalue weighted by atomic mass is 9.89. The quantitative estimate of drug-likeness (QED) is 0.707. The highest BCUT2D eigenvalue weighted by Crippen LogP contribution is 2.35. The van der Waals surface area contributed by atoms with Gasteiger partial charge in [-0.2, -0.15) is 0 Å². The van der Waals surface area contributed by atoms with Crippen LogP contribution in [-0.4, -0.2) is 49.1 Å². The Morgan fingerprint density at radius 2 is 1.80 bits per heavy atom. The number of ether oxygens (including phenoxy) is 1. The van der Waals surface area contributed by atoms with Gasteiger partial charge in [-0.25, -0.2) is 4.79 Å². The average molecular weight is 401 g/mol. The molecule has 3 aromatic carbocycles. The van der Waals surface area contributed by atoms with Crippen LogP contribution in [0, 0.1) is 6.92 Å². The molecule has 0 radical (unpaired) electrons. The number of amides is 3. The Morgan fingerprint density at radius 1 is 1.03 bits per heavy atom. The molecule has 2 fully saturated rings. The molecule has 2 N–H and O–H groups in total. The second kappa shape index (κ2) is 6.76. The number of carbonyl (C=O) groups excluding carboxylic acids is 2. The van der Waals surface area contributed by atoms with Gasteiger partial charge in [0.2, 0.25) is 0 Å². The molecule has 2 saturated heterocycles. The molecule has 5 rings (SSSR count). The number of hydrogen-bond donors (Lipinski definition) is 2. The van der Waals surface area contributed by atoms with E-state index >= 15 is 0 Å². The first-order valence-electron chi connectivity index (χ1n) is 10.0. The molecule has 0 saturated carbocycles. The van der Waals surface area contributed by atoms with Crippen molar-refractivity contribution in [3.05, 3.63) is 65.7 Å². The van der Waals surface area contributed by atoms with Crippen LogP contribution in [0.5, 0.6) is 5.75 Å². The molecule has 6 heteroatoms. The number of fused-ring (bicyclic) bond motifs is 1. The Kier molecular flexibility index (Phi) is 4.17. The van der Waals surface area contributed by atoms with Crippen molar-refractivity contribution in [1.29, 1.82) is 0 Å². The lowest BCUT2D eigenvalue weighted by Gasteiger charge is -2.47. The molecular weight excluding hydrogens is 378 g/mol. The van der Waals surface area contributed by atoms with Crippen molar-refractivity contribution >= 4 is 22.7 Å². The van der Waals surface area contributed by atoms with Crippen LogP contribution in [0.1, 0.15) is 15.9 Å². The van der Waals surface area contributed by atoms with Gasteiger partial charge in [-0.3, -0.25) is 4.79 Å². The molecule has 3 aromatic rings. The molecule has 0 aliphatic carbocycles. The minimum Gasteiger partial charge on any atom is -0.497 e. The van der Waals surface area contributed by atoms with E-state index in [4.69, 9.17) is 4.74 Å². The fraction of sp³-hybridized carbons (Fsp3) is 0.250.